The number of hydrogen-bond donors (Lipinski definition) is 1. The molecule has 1 N–H and O–H groups in total. The molecule has 1 heterocycles. The van der Waals surface area contributed by atoms with Gasteiger partial charge in [-0.2, -0.15) is 11.8 Å². The van der Waals surface area contributed by atoms with Crippen LogP contribution < -0.4 is 4.72 Å². The molecule has 0 spiro atoms. The number of aryl methyl sites for hydroxylation is 1. The Morgan fingerprint density at radius 2 is 1.48 bits per heavy atom. The molecule has 226 valence electrons. The lowest BCUT2D eigenvalue weighted by atomic mass is 9.78. The summed E-state index contributed by atoms with van der Waals surface area (Å²) in [6.45, 7) is 18.6. The molecule has 1 aliphatic heterocycles. The number of rotatable bonds is 8. The lowest BCUT2D eigenvalue weighted by Gasteiger charge is -2.33. The first kappa shape index (κ1) is 35.2. The topological polar surface area (TPSA) is 46.2 Å². The Hall–Kier alpha value is -3.02. The smallest absolute Gasteiger partial charge is 0.262 e. The van der Waals surface area contributed by atoms with E-state index < -0.39 is 15.6 Å². The van der Waals surface area contributed by atoms with Crippen LogP contribution in [0.2, 0.25) is 0 Å². The second-order valence-corrected chi connectivity index (χ2v) is 14.4. The molecule has 1 fully saturated rings. The summed E-state index contributed by atoms with van der Waals surface area (Å²) in [5, 5.41) is 0. The quantitative estimate of drug-likeness (QED) is 0.206. The molecule has 1 saturated heterocycles. The third-order valence-corrected chi connectivity index (χ3v) is 10.1. The summed E-state index contributed by atoms with van der Waals surface area (Å²) in [5.41, 5.74) is 6.56. The molecule has 5 heteroatoms. The normalized spacial score (nSPS) is 15.0. The predicted octanol–water partition coefficient (Wildman–Crippen LogP) is 9.79. The summed E-state index contributed by atoms with van der Waals surface area (Å²) in [4.78, 5) is 13.0. The van der Waals surface area contributed by atoms with E-state index >= 15 is 0 Å². The average Bonchev–Trinajstić information content (AvgIpc) is 2.98. The predicted molar refractivity (Wildman–Crippen MR) is 188 cm³/mol. The van der Waals surface area contributed by atoms with E-state index in [2.05, 4.69) is 82.3 Å². The molecule has 3 aromatic rings. The van der Waals surface area contributed by atoms with Crippen molar-refractivity contribution < 1.29 is 9.00 Å². The first-order valence-electron chi connectivity index (χ1n) is 14.7. The molecule has 1 aliphatic rings. The van der Waals surface area contributed by atoms with E-state index in [4.69, 9.17) is 0 Å². The Morgan fingerprint density at radius 1 is 0.905 bits per heavy atom. The van der Waals surface area contributed by atoms with Gasteiger partial charge < -0.3 is 0 Å². The molecule has 0 aromatic heterocycles. The van der Waals surface area contributed by atoms with Gasteiger partial charge in [0.2, 0.25) is 0 Å². The number of allylic oxidation sites excluding steroid dienone is 2. The maximum atomic E-state index is 13.2. The summed E-state index contributed by atoms with van der Waals surface area (Å²) in [6.07, 6.45) is 6.02. The fourth-order valence-electron chi connectivity index (χ4n) is 4.44. The molecule has 1 atom stereocenters. The highest BCUT2D eigenvalue weighted by Gasteiger charge is 2.27. The van der Waals surface area contributed by atoms with E-state index in [1.165, 1.54) is 53.9 Å². The van der Waals surface area contributed by atoms with Crippen LogP contribution in [0.5, 0.6) is 0 Å². The number of hydrogen-bond acceptors (Lipinski definition) is 3. The number of nitrogens with one attached hydrogen (secondary N) is 1. The maximum Gasteiger partial charge on any atom is 0.262 e. The van der Waals surface area contributed by atoms with Gasteiger partial charge in [-0.15, -0.1) is 6.58 Å². The average molecular weight is 604 g/mol. The fourth-order valence-corrected chi connectivity index (χ4v) is 7.20. The Balaban J connectivity index is 0.000000316. The lowest BCUT2D eigenvalue weighted by molar-refractivity contribution is 0.0982. The highest BCUT2D eigenvalue weighted by atomic mass is 32.2. The van der Waals surface area contributed by atoms with Crippen LogP contribution in [0.25, 0.3) is 11.1 Å². The third kappa shape index (κ3) is 11.0. The molecule has 3 nitrogen and oxygen atoms in total. The molecule has 42 heavy (non-hydrogen) atoms. The minimum atomic E-state index is -3.00. The van der Waals surface area contributed by atoms with Crippen molar-refractivity contribution in [3.63, 3.8) is 0 Å². The molecule has 4 rings (SSSR count). The van der Waals surface area contributed by atoms with Gasteiger partial charge in [0.25, 0.3) is 5.91 Å². The van der Waals surface area contributed by atoms with E-state index in [9.17, 15) is 9.00 Å². The number of thioether (sulfide) groups is 1. The van der Waals surface area contributed by atoms with E-state index in [1.54, 1.807) is 36.4 Å². The first-order chi connectivity index (χ1) is 19.9. The van der Waals surface area contributed by atoms with Gasteiger partial charge in [0.1, 0.15) is 0 Å². The van der Waals surface area contributed by atoms with Gasteiger partial charge in [-0.25, -0.2) is 4.21 Å². The second kappa shape index (κ2) is 17.2. The van der Waals surface area contributed by atoms with E-state index in [1.807, 2.05) is 30.3 Å². The summed E-state index contributed by atoms with van der Waals surface area (Å²) >= 11 is 2.07. The summed E-state index contributed by atoms with van der Waals surface area (Å²) in [5.74, 6) is 6.07. The van der Waals surface area contributed by atoms with Crippen molar-refractivity contribution in [2.45, 2.75) is 71.6 Å². The van der Waals surface area contributed by atoms with Crippen molar-refractivity contribution in [3.05, 3.63) is 114 Å². The third-order valence-electron chi connectivity index (χ3n) is 7.51. The Bertz CT molecular complexity index is 1400. The zero-order valence-corrected chi connectivity index (χ0v) is 27.8. The number of benzene rings is 3. The van der Waals surface area contributed by atoms with Crippen LogP contribution in [0.1, 0.15) is 76.2 Å². The van der Waals surface area contributed by atoms with Crippen molar-refractivity contribution in [1.29, 1.82) is 0 Å². The van der Waals surface area contributed by atoms with Gasteiger partial charge in [0, 0.05) is 5.56 Å². The van der Waals surface area contributed by atoms with Crippen molar-refractivity contribution >= 4 is 33.2 Å². The molecule has 0 bridgehead atoms. The van der Waals surface area contributed by atoms with E-state index in [0.29, 0.717) is 15.9 Å². The molecule has 0 radical (unpaired) electrons. The zero-order chi connectivity index (χ0) is 31.2. The van der Waals surface area contributed by atoms with Gasteiger partial charge in [0.05, 0.1) is 14.6 Å². The molecular weight excluding hydrogens is 555 g/mol. The lowest BCUT2D eigenvalue weighted by Crippen LogP contribution is -2.30. The highest BCUT2D eigenvalue weighted by molar-refractivity contribution is 7.99. The Kier molecular flexibility index (Phi) is 14.4. The van der Waals surface area contributed by atoms with Gasteiger partial charge in [-0.05, 0) is 97.2 Å². The van der Waals surface area contributed by atoms with Crippen LogP contribution >= 0.6 is 11.8 Å². The minimum absolute atomic E-state index is 0.401. The van der Waals surface area contributed by atoms with Gasteiger partial charge in [0.15, 0.2) is 0 Å². The Labute approximate surface area is 260 Å². The second-order valence-electron chi connectivity index (χ2n) is 11.2. The van der Waals surface area contributed by atoms with Crippen LogP contribution in [0.3, 0.4) is 0 Å². The van der Waals surface area contributed by atoms with Crippen molar-refractivity contribution in [1.82, 2.24) is 4.72 Å². The largest absolute Gasteiger partial charge is 0.275 e. The zero-order valence-electron chi connectivity index (χ0n) is 26.2. The van der Waals surface area contributed by atoms with Crippen molar-refractivity contribution in [3.8, 4) is 11.1 Å². The van der Waals surface area contributed by atoms with E-state index in [0.717, 1.165) is 17.5 Å². The molecular formula is C37H49NO2S2. The van der Waals surface area contributed by atoms with Gasteiger partial charge >= 0.3 is 0 Å². The molecule has 1 amide bonds. The fraction of sp³-hybridized carbons (Fsp3) is 0.351. The van der Waals surface area contributed by atoms with Crippen LogP contribution in [0.4, 0.5) is 0 Å². The van der Waals surface area contributed by atoms with Crippen molar-refractivity contribution in [2.75, 3.05) is 11.5 Å². The van der Waals surface area contributed by atoms with E-state index in [-0.39, 0.29) is 0 Å². The molecule has 1 unspecified atom stereocenters. The number of amides is 1. The van der Waals surface area contributed by atoms with Crippen LogP contribution in [-0.2, 0) is 16.1 Å². The Morgan fingerprint density at radius 3 is 1.95 bits per heavy atom. The van der Waals surface area contributed by atoms with Gasteiger partial charge in [-0.1, -0.05) is 106 Å². The SMILES string of the molecule is C=C(C)C1(C)CCSCC1.C=C(C)CCC.C=S(=O)(NC(=O)c1ccccc1)c1ccccc1-c1ccc(CC)cc1. The summed E-state index contributed by atoms with van der Waals surface area (Å²) < 4.78 is 15.8. The molecule has 0 saturated carbocycles. The summed E-state index contributed by atoms with van der Waals surface area (Å²) in [6, 6.07) is 24.2. The van der Waals surface area contributed by atoms with Gasteiger partial charge in [-0.3, -0.25) is 9.52 Å². The minimum Gasteiger partial charge on any atom is -0.275 e. The molecule has 0 aliphatic carbocycles. The van der Waals surface area contributed by atoms with Crippen LogP contribution in [0, 0.1) is 5.41 Å². The standard InChI is InChI=1S/C22H21NO2S.C9H16S.C6H12/c1-3-17-13-15-18(16-14-17)20-11-7-8-12-21(20)26(2,25)23-22(24)19-9-5-4-6-10-19;1-8(2)9(3)4-6-10-7-5-9;1-4-5-6(2)3/h4-16H,2-3H2,1H3,(H,23,24,25);1,4-7H2,2-3H3;2,4-5H2,1,3H3. The maximum absolute atomic E-state index is 13.2. The monoisotopic (exact) mass is 603 g/mol. The van der Waals surface area contributed by atoms with Crippen LogP contribution in [-0.4, -0.2) is 27.5 Å². The molecule has 3 aromatic carbocycles. The van der Waals surface area contributed by atoms with Crippen LogP contribution in [0.15, 0.2) is 108 Å². The summed E-state index contributed by atoms with van der Waals surface area (Å²) in [7, 11) is -3.00. The highest BCUT2D eigenvalue weighted by Crippen LogP contribution is 2.39. The first-order valence-corrected chi connectivity index (χ1v) is 17.6. The number of carbonyl (C=O) groups excluding carboxylic acids is 1. The van der Waals surface area contributed by atoms with Crippen molar-refractivity contribution in [2.24, 2.45) is 5.41 Å². The number of carbonyl (C=O) groups is 1.